The molecule has 2 heteroatoms. The fourth-order valence-corrected chi connectivity index (χ4v) is 3.26. The molecule has 3 aromatic rings. The number of likely N-dealkylation sites (N-methyl/N-ethyl adjacent to an activating group) is 1. The fourth-order valence-electron chi connectivity index (χ4n) is 3.26. The SMILES string of the molecule is CN[C@H](Cc1ccccc1)C(O)(c1ccccc1)c1ccccc1. The number of benzene rings is 3. The molecule has 0 heterocycles. The Morgan fingerprint density at radius 1 is 0.750 bits per heavy atom. The van der Waals surface area contributed by atoms with Gasteiger partial charge in [-0.1, -0.05) is 91.0 Å². The quantitative estimate of drug-likeness (QED) is 0.725. The Labute approximate surface area is 143 Å². The minimum Gasteiger partial charge on any atom is -0.379 e. The van der Waals surface area contributed by atoms with Gasteiger partial charge in [-0.2, -0.15) is 0 Å². The zero-order valence-corrected chi connectivity index (χ0v) is 13.9. The maximum Gasteiger partial charge on any atom is 0.130 e. The Kier molecular flexibility index (Phi) is 5.09. The Hall–Kier alpha value is -2.42. The van der Waals surface area contributed by atoms with E-state index >= 15 is 0 Å². The van der Waals surface area contributed by atoms with Crippen LogP contribution in [0.2, 0.25) is 0 Å². The molecule has 0 spiro atoms. The predicted octanol–water partition coefficient (Wildman–Crippen LogP) is 3.75. The summed E-state index contributed by atoms with van der Waals surface area (Å²) >= 11 is 0. The maximum atomic E-state index is 11.8. The van der Waals surface area contributed by atoms with Gasteiger partial charge in [0.1, 0.15) is 5.60 Å². The van der Waals surface area contributed by atoms with Gasteiger partial charge in [-0.3, -0.25) is 0 Å². The van der Waals surface area contributed by atoms with Crippen LogP contribution in [0, 0.1) is 0 Å². The van der Waals surface area contributed by atoms with E-state index in [1.165, 1.54) is 5.56 Å². The molecule has 3 rings (SSSR count). The summed E-state index contributed by atoms with van der Waals surface area (Å²) in [6.07, 6.45) is 0.734. The Balaban J connectivity index is 2.06. The molecule has 0 aliphatic carbocycles. The molecule has 1 atom stereocenters. The highest BCUT2D eigenvalue weighted by Crippen LogP contribution is 2.34. The van der Waals surface area contributed by atoms with E-state index in [1.807, 2.05) is 85.9 Å². The second-order valence-electron chi connectivity index (χ2n) is 6.03. The molecule has 24 heavy (non-hydrogen) atoms. The molecule has 0 fully saturated rings. The van der Waals surface area contributed by atoms with Crippen molar-refractivity contribution < 1.29 is 5.11 Å². The van der Waals surface area contributed by atoms with Crippen molar-refractivity contribution in [3.05, 3.63) is 108 Å². The van der Waals surface area contributed by atoms with Crippen LogP contribution in [-0.2, 0) is 12.0 Å². The number of aliphatic hydroxyl groups is 1. The number of hydrogen-bond acceptors (Lipinski definition) is 2. The van der Waals surface area contributed by atoms with E-state index in [1.54, 1.807) is 0 Å². The number of rotatable bonds is 6. The number of hydrogen-bond donors (Lipinski definition) is 2. The molecule has 0 aromatic heterocycles. The summed E-state index contributed by atoms with van der Waals surface area (Å²) < 4.78 is 0. The average molecular weight is 317 g/mol. The van der Waals surface area contributed by atoms with E-state index in [0.717, 1.165) is 17.5 Å². The van der Waals surface area contributed by atoms with E-state index in [2.05, 4.69) is 17.4 Å². The second kappa shape index (κ2) is 7.43. The summed E-state index contributed by atoms with van der Waals surface area (Å²) in [5.74, 6) is 0. The summed E-state index contributed by atoms with van der Waals surface area (Å²) in [4.78, 5) is 0. The van der Waals surface area contributed by atoms with Crippen molar-refractivity contribution in [1.29, 1.82) is 0 Å². The van der Waals surface area contributed by atoms with Gasteiger partial charge in [-0.25, -0.2) is 0 Å². The van der Waals surface area contributed by atoms with Crippen molar-refractivity contribution in [2.75, 3.05) is 7.05 Å². The smallest absolute Gasteiger partial charge is 0.130 e. The second-order valence-corrected chi connectivity index (χ2v) is 6.03. The Morgan fingerprint density at radius 2 is 1.17 bits per heavy atom. The van der Waals surface area contributed by atoms with Gasteiger partial charge in [0.05, 0.1) is 0 Å². The molecule has 0 aliphatic heterocycles. The van der Waals surface area contributed by atoms with E-state index in [-0.39, 0.29) is 6.04 Å². The van der Waals surface area contributed by atoms with Crippen LogP contribution in [0.3, 0.4) is 0 Å². The van der Waals surface area contributed by atoms with Crippen molar-refractivity contribution >= 4 is 0 Å². The van der Waals surface area contributed by atoms with Gasteiger partial charge in [-0.15, -0.1) is 0 Å². The first kappa shape index (κ1) is 16.4. The minimum absolute atomic E-state index is 0.148. The minimum atomic E-state index is -1.10. The lowest BCUT2D eigenvalue weighted by molar-refractivity contribution is 0.0399. The molecule has 0 aliphatic rings. The first-order valence-corrected chi connectivity index (χ1v) is 8.29. The monoisotopic (exact) mass is 317 g/mol. The van der Waals surface area contributed by atoms with Gasteiger partial charge in [0.15, 0.2) is 0 Å². The van der Waals surface area contributed by atoms with Crippen LogP contribution < -0.4 is 5.32 Å². The molecule has 2 nitrogen and oxygen atoms in total. The third kappa shape index (κ3) is 3.25. The van der Waals surface area contributed by atoms with Gasteiger partial charge < -0.3 is 10.4 Å². The standard InChI is InChI=1S/C22H23NO/c1-23-21(17-18-11-5-2-6-12-18)22(24,19-13-7-3-8-14-19)20-15-9-4-10-16-20/h2-16,21,23-24H,17H2,1H3/t21-/m1/s1. The summed E-state index contributed by atoms with van der Waals surface area (Å²) in [5, 5.41) is 15.2. The highest BCUT2D eigenvalue weighted by Gasteiger charge is 2.39. The van der Waals surface area contributed by atoms with Crippen LogP contribution in [0.15, 0.2) is 91.0 Å². The van der Waals surface area contributed by atoms with Crippen LogP contribution in [-0.4, -0.2) is 18.2 Å². The molecule has 122 valence electrons. The Bertz CT molecular complexity index is 701. The first-order valence-electron chi connectivity index (χ1n) is 8.29. The summed E-state index contributed by atoms with van der Waals surface area (Å²) in [6, 6.07) is 29.9. The summed E-state index contributed by atoms with van der Waals surface area (Å²) in [6.45, 7) is 0. The third-order valence-electron chi connectivity index (χ3n) is 4.56. The molecule has 0 bridgehead atoms. The van der Waals surface area contributed by atoms with Gasteiger partial charge >= 0.3 is 0 Å². The zero-order valence-electron chi connectivity index (χ0n) is 13.9. The van der Waals surface area contributed by atoms with Gasteiger partial charge in [0.2, 0.25) is 0 Å². The highest BCUT2D eigenvalue weighted by molar-refractivity contribution is 5.39. The maximum absolute atomic E-state index is 11.8. The zero-order chi connectivity index (χ0) is 16.8. The lowest BCUT2D eigenvalue weighted by atomic mass is 9.78. The van der Waals surface area contributed by atoms with Crippen LogP contribution in [0.25, 0.3) is 0 Å². The molecule has 3 aromatic carbocycles. The fraction of sp³-hybridized carbons (Fsp3) is 0.182. The molecule has 0 radical (unpaired) electrons. The topological polar surface area (TPSA) is 32.3 Å². The largest absolute Gasteiger partial charge is 0.379 e. The molecule has 2 N–H and O–H groups in total. The molecule has 0 saturated carbocycles. The molecule has 0 unspecified atom stereocenters. The molecule has 0 amide bonds. The molecular formula is C22H23NO. The van der Waals surface area contributed by atoms with Crippen LogP contribution in [0.1, 0.15) is 16.7 Å². The summed E-state index contributed by atoms with van der Waals surface area (Å²) in [7, 11) is 1.91. The Morgan fingerprint density at radius 3 is 1.58 bits per heavy atom. The van der Waals surface area contributed by atoms with Gasteiger partial charge in [0, 0.05) is 6.04 Å². The van der Waals surface area contributed by atoms with Gasteiger partial charge in [0.25, 0.3) is 0 Å². The van der Waals surface area contributed by atoms with Crippen molar-refractivity contribution in [1.82, 2.24) is 5.32 Å². The van der Waals surface area contributed by atoms with Crippen LogP contribution in [0.4, 0.5) is 0 Å². The van der Waals surface area contributed by atoms with E-state index < -0.39 is 5.60 Å². The van der Waals surface area contributed by atoms with Gasteiger partial charge in [-0.05, 0) is 30.2 Å². The van der Waals surface area contributed by atoms with Crippen molar-refractivity contribution in [3.8, 4) is 0 Å². The predicted molar refractivity (Wildman–Crippen MR) is 98.9 cm³/mol. The van der Waals surface area contributed by atoms with Crippen molar-refractivity contribution in [3.63, 3.8) is 0 Å². The molecule has 0 saturated heterocycles. The van der Waals surface area contributed by atoms with E-state index in [4.69, 9.17) is 0 Å². The lowest BCUT2D eigenvalue weighted by Gasteiger charge is -2.37. The van der Waals surface area contributed by atoms with Crippen molar-refractivity contribution in [2.24, 2.45) is 0 Å². The number of nitrogens with one attached hydrogen (secondary N) is 1. The summed E-state index contributed by atoms with van der Waals surface area (Å²) in [5.41, 5.74) is 1.88. The average Bonchev–Trinajstić information content (AvgIpc) is 2.67. The van der Waals surface area contributed by atoms with Crippen LogP contribution >= 0.6 is 0 Å². The van der Waals surface area contributed by atoms with E-state index in [9.17, 15) is 5.11 Å². The molecular weight excluding hydrogens is 294 g/mol. The normalized spacial score (nSPS) is 12.8. The third-order valence-corrected chi connectivity index (χ3v) is 4.56. The van der Waals surface area contributed by atoms with E-state index in [0.29, 0.717) is 0 Å². The lowest BCUT2D eigenvalue weighted by Crippen LogP contribution is -2.49. The highest BCUT2D eigenvalue weighted by atomic mass is 16.3. The van der Waals surface area contributed by atoms with Crippen molar-refractivity contribution in [2.45, 2.75) is 18.1 Å². The first-order chi connectivity index (χ1) is 11.7. The van der Waals surface area contributed by atoms with Crippen LogP contribution in [0.5, 0.6) is 0 Å².